The first-order valence-corrected chi connectivity index (χ1v) is 6.87. The third-order valence-electron chi connectivity index (χ3n) is 3.55. The lowest BCUT2D eigenvalue weighted by Gasteiger charge is -2.33. The molecule has 112 valence electrons. The second-order valence-corrected chi connectivity index (χ2v) is 5.04. The van der Waals surface area contributed by atoms with Crippen molar-refractivity contribution in [1.82, 2.24) is 4.90 Å². The summed E-state index contributed by atoms with van der Waals surface area (Å²) >= 11 is 0. The van der Waals surface area contributed by atoms with E-state index < -0.39 is 0 Å². The summed E-state index contributed by atoms with van der Waals surface area (Å²) in [6.07, 6.45) is 5.17. The van der Waals surface area contributed by atoms with Gasteiger partial charge in [0.25, 0.3) is 0 Å². The molecule has 1 amide bonds. The summed E-state index contributed by atoms with van der Waals surface area (Å²) in [6.45, 7) is 8.55. The minimum atomic E-state index is 0. The predicted molar refractivity (Wildman–Crippen MR) is 80.5 cm³/mol. The second kappa shape index (κ2) is 10.2. The summed E-state index contributed by atoms with van der Waals surface area (Å²) in [5.74, 6) is 0.824. The number of amides is 1. The molecule has 0 spiro atoms. The van der Waals surface area contributed by atoms with Gasteiger partial charge in [0.05, 0.1) is 6.61 Å². The van der Waals surface area contributed by atoms with E-state index in [4.69, 9.17) is 10.5 Å². The largest absolute Gasteiger partial charge is 0.377 e. The molecule has 19 heavy (non-hydrogen) atoms. The minimum Gasteiger partial charge on any atom is -0.377 e. The van der Waals surface area contributed by atoms with Gasteiger partial charge in [-0.05, 0) is 32.1 Å². The third kappa shape index (κ3) is 6.95. The highest BCUT2D eigenvalue weighted by Crippen LogP contribution is 2.20. The fourth-order valence-corrected chi connectivity index (χ4v) is 2.32. The van der Waals surface area contributed by atoms with Crippen molar-refractivity contribution in [2.24, 2.45) is 11.7 Å². The first-order valence-electron chi connectivity index (χ1n) is 6.87. The van der Waals surface area contributed by atoms with E-state index in [2.05, 4.69) is 13.5 Å². The van der Waals surface area contributed by atoms with Crippen LogP contribution in [0.15, 0.2) is 12.7 Å². The Balaban J connectivity index is 0.00000324. The lowest BCUT2D eigenvalue weighted by Crippen LogP contribution is -2.42. The maximum absolute atomic E-state index is 11.9. The molecule has 1 aliphatic rings. The number of nitrogens with zero attached hydrogens (tertiary/aromatic N) is 1. The maximum Gasteiger partial charge on any atom is 0.222 e. The molecule has 0 aromatic heterocycles. The zero-order valence-corrected chi connectivity index (χ0v) is 12.7. The highest BCUT2D eigenvalue weighted by molar-refractivity contribution is 5.85. The van der Waals surface area contributed by atoms with E-state index in [0.717, 1.165) is 32.4 Å². The van der Waals surface area contributed by atoms with Crippen molar-refractivity contribution in [2.75, 3.05) is 26.3 Å². The van der Waals surface area contributed by atoms with Gasteiger partial charge in [0.1, 0.15) is 0 Å². The number of hydrogen-bond donors (Lipinski definition) is 1. The van der Waals surface area contributed by atoms with Crippen molar-refractivity contribution in [3.63, 3.8) is 0 Å². The number of carbonyl (C=O) groups is 1. The lowest BCUT2D eigenvalue weighted by atomic mass is 9.91. The molecular formula is C14H27ClN2O2. The monoisotopic (exact) mass is 290 g/mol. The average Bonchev–Trinajstić information content (AvgIpc) is 2.38. The quantitative estimate of drug-likeness (QED) is 0.576. The highest BCUT2D eigenvalue weighted by Gasteiger charge is 2.24. The molecule has 1 saturated heterocycles. The Morgan fingerprint density at radius 1 is 1.53 bits per heavy atom. The molecule has 1 unspecified atom stereocenters. The maximum atomic E-state index is 11.9. The van der Waals surface area contributed by atoms with Crippen LogP contribution in [0.25, 0.3) is 0 Å². The second-order valence-electron chi connectivity index (χ2n) is 5.04. The number of likely N-dealkylation sites (tertiary alicyclic amines) is 1. The molecule has 5 heteroatoms. The summed E-state index contributed by atoms with van der Waals surface area (Å²) in [5, 5.41) is 0. The number of rotatable bonds is 7. The van der Waals surface area contributed by atoms with Gasteiger partial charge in [-0.3, -0.25) is 4.79 Å². The Hall–Kier alpha value is -0.580. The van der Waals surface area contributed by atoms with Crippen LogP contribution in [0.5, 0.6) is 0 Å². The predicted octanol–water partition coefficient (Wildman–Crippen LogP) is 1.98. The van der Waals surface area contributed by atoms with Gasteiger partial charge in [0, 0.05) is 32.2 Å². The van der Waals surface area contributed by atoms with Gasteiger partial charge in [-0.25, -0.2) is 0 Å². The fraction of sp³-hybridized carbons (Fsp3) is 0.786. The molecule has 1 atom stereocenters. The molecular weight excluding hydrogens is 264 g/mol. The van der Waals surface area contributed by atoms with E-state index >= 15 is 0 Å². The van der Waals surface area contributed by atoms with Gasteiger partial charge in [0.2, 0.25) is 5.91 Å². The normalized spacial score (nSPS) is 17.7. The molecule has 1 aliphatic heterocycles. The van der Waals surface area contributed by atoms with Gasteiger partial charge in [0.15, 0.2) is 0 Å². The number of piperidine rings is 1. The van der Waals surface area contributed by atoms with Crippen LogP contribution < -0.4 is 5.73 Å². The van der Waals surface area contributed by atoms with Crippen molar-refractivity contribution in [3.05, 3.63) is 12.7 Å². The molecule has 0 saturated carbocycles. The lowest BCUT2D eigenvalue weighted by molar-refractivity contribution is -0.133. The van der Waals surface area contributed by atoms with Crippen molar-refractivity contribution in [3.8, 4) is 0 Å². The summed E-state index contributed by atoms with van der Waals surface area (Å²) in [7, 11) is 0. The minimum absolute atomic E-state index is 0. The van der Waals surface area contributed by atoms with E-state index in [-0.39, 0.29) is 24.4 Å². The Morgan fingerprint density at radius 2 is 2.16 bits per heavy atom. The van der Waals surface area contributed by atoms with E-state index in [1.165, 1.54) is 0 Å². The molecule has 2 N–H and O–H groups in total. The van der Waals surface area contributed by atoms with Gasteiger partial charge in [-0.2, -0.15) is 0 Å². The molecule has 0 aromatic carbocycles. The SMILES string of the molecule is C=CCOCCCC(=O)N1CCC(C(C)N)CC1.Cl. The van der Waals surface area contributed by atoms with E-state index in [9.17, 15) is 4.79 Å². The molecule has 1 heterocycles. The summed E-state index contributed by atoms with van der Waals surface area (Å²) in [5.41, 5.74) is 5.89. The van der Waals surface area contributed by atoms with Gasteiger partial charge in [-0.15, -0.1) is 19.0 Å². The summed E-state index contributed by atoms with van der Waals surface area (Å²) in [6, 6.07) is 0.245. The van der Waals surface area contributed by atoms with Crippen LogP contribution in [0.4, 0.5) is 0 Å². The fourth-order valence-electron chi connectivity index (χ4n) is 2.32. The molecule has 1 rings (SSSR count). The Morgan fingerprint density at radius 3 is 2.68 bits per heavy atom. The number of hydrogen-bond acceptors (Lipinski definition) is 3. The third-order valence-corrected chi connectivity index (χ3v) is 3.55. The van der Waals surface area contributed by atoms with Gasteiger partial charge >= 0.3 is 0 Å². The van der Waals surface area contributed by atoms with Gasteiger partial charge in [-0.1, -0.05) is 6.08 Å². The first-order chi connectivity index (χ1) is 8.65. The van der Waals surface area contributed by atoms with Crippen molar-refractivity contribution < 1.29 is 9.53 Å². The zero-order valence-electron chi connectivity index (χ0n) is 11.8. The van der Waals surface area contributed by atoms with E-state index in [1.54, 1.807) is 6.08 Å². The smallest absolute Gasteiger partial charge is 0.222 e. The first kappa shape index (κ1) is 18.4. The van der Waals surface area contributed by atoms with Crippen LogP contribution in [0.1, 0.15) is 32.6 Å². The van der Waals surface area contributed by atoms with Crippen LogP contribution in [0.2, 0.25) is 0 Å². The zero-order chi connectivity index (χ0) is 13.4. The number of carbonyl (C=O) groups excluding carboxylic acids is 1. The van der Waals surface area contributed by atoms with Crippen molar-refractivity contribution in [1.29, 1.82) is 0 Å². The van der Waals surface area contributed by atoms with Crippen LogP contribution >= 0.6 is 12.4 Å². The molecule has 0 radical (unpaired) electrons. The van der Waals surface area contributed by atoms with Crippen LogP contribution in [0.3, 0.4) is 0 Å². The number of nitrogens with two attached hydrogens (primary N) is 1. The molecule has 0 aliphatic carbocycles. The molecule has 0 aromatic rings. The molecule has 0 bridgehead atoms. The molecule has 1 fully saturated rings. The van der Waals surface area contributed by atoms with Crippen molar-refractivity contribution >= 4 is 18.3 Å². The van der Waals surface area contributed by atoms with E-state index in [0.29, 0.717) is 25.6 Å². The van der Waals surface area contributed by atoms with Crippen LogP contribution in [0, 0.1) is 5.92 Å². The highest BCUT2D eigenvalue weighted by atomic mass is 35.5. The van der Waals surface area contributed by atoms with Gasteiger partial charge < -0.3 is 15.4 Å². The Bertz CT molecular complexity index is 264. The number of ether oxygens (including phenoxy) is 1. The summed E-state index contributed by atoms with van der Waals surface area (Å²) < 4.78 is 5.26. The Kier molecular flexibility index (Phi) is 9.92. The van der Waals surface area contributed by atoms with Crippen LogP contribution in [-0.4, -0.2) is 43.2 Å². The number of halogens is 1. The van der Waals surface area contributed by atoms with Crippen LogP contribution in [-0.2, 0) is 9.53 Å². The molecule has 4 nitrogen and oxygen atoms in total. The standard InChI is InChI=1S/C14H26N2O2.ClH/c1-3-10-18-11-4-5-14(17)16-8-6-13(7-9-16)12(2)15;/h3,12-13H,1,4-11,15H2,2H3;1H. The van der Waals surface area contributed by atoms with E-state index in [1.807, 2.05) is 4.90 Å². The average molecular weight is 291 g/mol. The summed E-state index contributed by atoms with van der Waals surface area (Å²) in [4.78, 5) is 13.9. The Labute approximate surface area is 122 Å². The topological polar surface area (TPSA) is 55.6 Å². The van der Waals surface area contributed by atoms with Crippen molar-refractivity contribution in [2.45, 2.75) is 38.6 Å².